The number of hydrogen-bond acceptors (Lipinski definition) is 5. The fourth-order valence-electron chi connectivity index (χ4n) is 3.24. The molecule has 1 amide bonds. The molecule has 0 aliphatic heterocycles. The molecule has 158 valence electrons. The first-order chi connectivity index (χ1) is 13.6. The number of non-ortho nitro benzene ring substituents is 1. The van der Waals surface area contributed by atoms with E-state index >= 15 is 0 Å². The largest absolute Gasteiger partial charge is 0.326 e. The Balaban J connectivity index is 2.17. The minimum Gasteiger partial charge on any atom is -0.326 e. The number of unbranched alkanes of at least 4 members (excludes halogenated alkanes) is 8. The molecule has 4 N–H and O–H groups in total. The second-order valence-corrected chi connectivity index (χ2v) is 7.37. The van der Waals surface area contributed by atoms with Crippen LogP contribution in [0.15, 0.2) is 24.3 Å². The molecule has 7 nitrogen and oxygen atoms in total. The number of rotatable bonds is 16. The molecule has 0 bridgehead atoms. The summed E-state index contributed by atoms with van der Waals surface area (Å²) >= 11 is 0. The summed E-state index contributed by atoms with van der Waals surface area (Å²) in [5.74, 6) is 5.46. The van der Waals surface area contributed by atoms with Gasteiger partial charge in [0.15, 0.2) is 0 Å². The third-order valence-corrected chi connectivity index (χ3v) is 4.95. The van der Waals surface area contributed by atoms with Crippen molar-refractivity contribution in [3.05, 3.63) is 34.4 Å². The second kappa shape index (κ2) is 15.0. The van der Waals surface area contributed by atoms with Crippen molar-refractivity contribution in [1.29, 1.82) is 0 Å². The number of anilines is 1. The summed E-state index contributed by atoms with van der Waals surface area (Å²) in [7, 11) is 0. The van der Waals surface area contributed by atoms with Gasteiger partial charge in [-0.1, -0.05) is 70.8 Å². The van der Waals surface area contributed by atoms with E-state index in [-0.39, 0.29) is 17.6 Å². The van der Waals surface area contributed by atoms with Crippen LogP contribution in [-0.2, 0) is 4.79 Å². The number of amides is 1. The Labute approximate surface area is 168 Å². The summed E-state index contributed by atoms with van der Waals surface area (Å²) in [4.78, 5) is 22.4. The van der Waals surface area contributed by atoms with E-state index in [1.165, 1.54) is 63.5 Å². The van der Waals surface area contributed by atoms with E-state index in [0.717, 1.165) is 12.8 Å². The van der Waals surface area contributed by atoms with Crippen molar-refractivity contribution in [2.75, 3.05) is 5.32 Å². The Morgan fingerprint density at radius 1 is 1.07 bits per heavy atom. The average molecular weight is 393 g/mol. The Kier molecular flexibility index (Phi) is 12.9. The normalized spacial score (nSPS) is 11.9. The molecule has 0 radical (unpaired) electrons. The van der Waals surface area contributed by atoms with Gasteiger partial charge in [0.2, 0.25) is 5.91 Å². The zero-order chi connectivity index (χ0) is 20.6. The molecule has 0 aliphatic carbocycles. The highest BCUT2D eigenvalue weighted by Gasteiger charge is 2.11. The maximum Gasteiger partial charge on any atom is 0.271 e. The number of nitrogens with one attached hydrogen (secondary N) is 2. The molecule has 7 heteroatoms. The number of carbonyl (C=O) groups is 1. The molecule has 1 aromatic rings. The van der Waals surface area contributed by atoms with Gasteiger partial charge >= 0.3 is 0 Å². The van der Waals surface area contributed by atoms with Crippen LogP contribution < -0.4 is 16.6 Å². The van der Waals surface area contributed by atoms with Gasteiger partial charge in [-0.25, -0.2) is 0 Å². The number of nitro benzene ring substituents is 1. The first-order valence-electron chi connectivity index (χ1n) is 10.6. The smallest absolute Gasteiger partial charge is 0.271 e. The molecule has 0 saturated carbocycles. The van der Waals surface area contributed by atoms with Gasteiger partial charge in [-0.15, -0.1) is 0 Å². The minimum atomic E-state index is -0.477. The molecule has 0 heterocycles. The van der Waals surface area contributed by atoms with Gasteiger partial charge in [-0.3, -0.25) is 26.2 Å². The van der Waals surface area contributed by atoms with Gasteiger partial charge < -0.3 is 5.32 Å². The van der Waals surface area contributed by atoms with Gasteiger partial charge in [-0.05, 0) is 18.9 Å². The summed E-state index contributed by atoms with van der Waals surface area (Å²) in [6.07, 6.45) is 13.5. The van der Waals surface area contributed by atoms with Crippen molar-refractivity contribution in [3.8, 4) is 0 Å². The van der Waals surface area contributed by atoms with E-state index in [0.29, 0.717) is 18.5 Å². The number of nitrogens with zero attached hydrogens (tertiary/aromatic N) is 1. The zero-order valence-corrected chi connectivity index (χ0v) is 17.1. The van der Waals surface area contributed by atoms with Crippen molar-refractivity contribution in [1.82, 2.24) is 5.43 Å². The molecule has 0 fully saturated rings. The fourth-order valence-corrected chi connectivity index (χ4v) is 3.24. The van der Waals surface area contributed by atoms with Crippen LogP contribution in [0, 0.1) is 10.1 Å². The summed E-state index contributed by atoms with van der Waals surface area (Å²) < 4.78 is 0. The Hall–Kier alpha value is -1.99. The maximum atomic E-state index is 12.1. The van der Waals surface area contributed by atoms with Gasteiger partial charge in [0.05, 0.1) is 4.92 Å². The standard InChI is InChI=1S/C21H36N4O3/c1-2-3-4-5-6-7-8-9-10-12-18(24-22)15-16-21(26)23-19-13-11-14-20(17-19)25(27)28/h11,13-14,17-18,24H,2-10,12,15-16,22H2,1H3,(H,23,26). The topological polar surface area (TPSA) is 110 Å². The minimum absolute atomic E-state index is 0.0373. The number of carbonyl (C=O) groups excluding carboxylic acids is 1. The molecule has 0 saturated heterocycles. The Bertz CT molecular complexity index is 581. The van der Waals surface area contributed by atoms with Crippen molar-refractivity contribution in [2.45, 2.75) is 90.0 Å². The van der Waals surface area contributed by atoms with Crippen LogP contribution in [-0.4, -0.2) is 16.9 Å². The number of nitrogens with two attached hydrogens (primary N) is 1. The number of hydrazine groups is 1. The predicted molar refractivity (Wildman–Crippen MR) is 114 cm³/mol. The highest BCUT2D eigenvalue weighted by molar-refractivity contribution is 5.91. The van der Waals surface area contributed by atoms with E-state index < -0.39 is 4.92 Å². The van der Waals surface area contributed by atoms with Crippen LogP contribution in [0.4, 0.5) is 11.4 Å². The van der Waals surface area contributed by atoms with Gasteiger partial charge in [0.1, 0.15) is 0 Å². The highest BCUT2D eigenvalue weighted by atomic mass is 16.6. The lowest BCUT2D eigenvalue weighted by Gasteiger charge is -2.15. The molecule has 1 rings (SSSR count). The first kappa shape index (κ1) is 24.0. The molecule has 1 atom stereocenters. The van der Waals surface area contributed by atoms with Gasteiger partial charge in [0, 0.05) is 30.3 Å². The Morgan fingerprint density at radius 3 is 2.32 bits per heavy atom. The molecule has 28 heavy (non-hydrogen) atoms. The van der Waals surface area contributed by atoms with Crippen molar-refractivity contribution in [2.24, 2.45) is 5.84 Å². The molecular weight excluding hydrogens is 356 g/mol. The summed E-state index contributed by atoms with van der Waals surface area (Å²) in [5, 5.41) is 13.5. The highest BCUT2D eigenvalue weighted by Crippen LogP contribution is 2.18. The van der Waals surface area contributed by atoms with Crippen molar-refractivity contribution < 1.29 is 9.72 Å². The lowest BCUT2D eigenvalue weighted by molar-refractivity contribution is -0.384. The van der Waals surface area contributed by atoms with E-state index in [1.807, 2.05) is 0 Å². The molecule has 1 unspecified atom stereocenters. The summed E-state index contributed by atoms with van der Waals surface area (Å²) in [6, 6.07) is 6.07. The predicted octanol–water partition coefficient (Wildman–Crippen LogP) is 5.07. The van der Waals surface area contributed by atoms with Crippen molar-refractivity contribution >= 4 is 17.3 Å². The quantitative estimate of drug-likeness (QED) is 0.157. The molecule has 0 spiro atoms. The van der Waals surface area contributed by atoms with Crippen LogP contribution >= 0.6 is 0 Å². The third-order valence-electron chi connectivity index (χ3n) is 4.95. The van der Waals surface area contributed by atoms with Crippen molar-refractivity contribution in [3.63, 3.8) is 0 Å². The molecule has 0 aromatic heterocycles. The monoisotopic (exact) mass is 392 g/mol. The van der Waals surface area contributed by atoms with Crippen LogP contribution in [0.25, 0.3) is 0 Å². The second-order valence-electron chi connectivity index (χ2n) is 7.37. The summed E-state index contributed by atoms with van der Waals surface area (Å²) in [6.45, 7) is 2.24. The Morgan fingerprint density at radius 2 is 1.71 bits per heavy atom. The lowest BCUT2D eigenvalue weighted by atomic mass is 10.0. The van der Waals surface area contributed by atoms with Gasteiger partial charge in [-0.2, -0.15) is 0 Å². The van der Waals surface area contributed by atoms with E-state index in [1.54, 1.807) is 12.1 Å². The van der Waals surface area contributed by atoms with Gasteiger partial charge in [0.25, 0.3) is 5.69 Å². The number of benzene rings is 1. The van der Waals surface area contributed by atoms with Crippen LogP contribution in [0.3, 0.4) is 0 Å². The zero-order valence-electron chi connectivity index (χ0n) is 17.1. The fraction of sp³-hybridized carbons (Fsp3) is 0.667. The SMILES string of the molecule is CCCCCCCCCCCC(CCC(=O)Nc1cccc([N+](=O)[O-])c1)NN. The van der Waals surface area contributed by atoms with E-state index in [4.69, 9.17) is 5.84 Å². The maximum absolute atomic E-state index is 12.1. The van der Waals surface area contributed by atoms with Crippen LogP contribution in [0.1, 0.15) is 84.0 Å². The van der Waals surface area contributed by atoms with Crippen LogP contribution in [0.2, 0.25) is 0 Å². The number of hydrogen-bond donors (Lipinski definition) is 3. The molecule has 0 aliphatic rings. The third kappa shape index (κ3) is 11.0. The summed E-state index contributed by atoms with van der Waals surface area (Å²) in [5.41, 5.74) is 3.20. The molecular formula is C21H36N4O3. The van der Waals surface area contributed by atoms with E-state index in [9.17, 15) is 14.9 Å². The number of nitro groups is 1. The van der Waals surface area contributed by atoms with Crippen LogP contribution in [0.5, 0.6) is 0 Å². The average Bonchev–Trinajstić information content (AvgIpc) is 2.69. The lowest BCUT2D eigenvalue weighted by Crippen LogP contribution is -2.35. The first-order valence-corrected chi connectivity index (χ1v) is 10.6. The van der Waals surface area contributed by atoms with E-state index in [2.05, 4.69) is 17.7 Å². The molecule has 1 aromatic carbocycles.